The maximum Gasteiger partial charge on any atom is 0.334 e. The quantitative estimate of drug-likeness (QED) is 0.589. The predicted octanol–water partition coefficient (Wildman–Crippen LogP) is 1.27. The summed E-state index contributed by atoms with van der Waals surface area (Å²) in [6.07, 6.45) is 5.67. The maximum atomic E-state index is 12.2. The Morgan fingerprint density at radius 2 is 1.78 bits per heavy atom. The standard InChI is InChI=1S/C16H25N3O4/c1-3-4-9-18-14(21)15(22)19(16(18)23)10-13(20)17-12-8-6-5-7-11(12)2/h11-12H,3-10H2,1-2H3,(H,17,20)/t11-,12+/m0/s1. The van der Waals surface area contributed by atoms with Crippen LogP contribution in [-0.2, 0) is 14.4 Å². The minimum atomic E-state index is -0.905. The number of rotatable bonds is 6. The van der Waals surface area contributed by atoms with Gasteiger partial charge in [0.1, 0.15) is 6.54 Å². The zero-order valence-corrected chi connectivity index (χ0v) is 13.8. The number of nitrogens with zero attached hydrogens (tertiary/aromatic N) is 2. The number of unbranched alkanes of at least 4 members (excludes halogenated alkanes) is 1. The Morgan fingerprint density at radius 1 is 1.13 bits per heavy atom. The average molecular weight is 323 g/mol. The minimum Gasteiger partial charge on any atom is -0.352 e. The lowest BCUT2D eigenvalue weighted by Gasteiger charge is -2.29. The molecule has 2 fully saturated rings. The van der Waals surface area contributed by atoms with Crippen LogP contribution < -0.4 is 5.32 Å². The van der Waals surface area contributed by atoms with Crippen LogP contribution in [0.4, 0.5) is 4.79 Å². The SMILES string of the molecule is CCCCN1C(=O)C(=O)N(CC(=O)N[C@@H]2CCCC[C@@H]2C)C1=O. The number of nitrogens with one attached hydrogen (secondary N) is 1. The molecule has 2 atom stereocenters. The highest BCUT2D eigenvalue weighted by molar-refractivity contribution is 6.45. The lowest BCUT2D eigenvalue weighted by Crippen LogP contribution is -2.47. The molecule has 0 aromatic heterocycles. The van der Waals surface area contributed by atoms with Gasteiger partial charge in [0, 0.05) is 12.6 Å². The number of hydrogen-bond acceptors (Lipinski definition) is 4. The number of imide groups is 2. The molecule has 1 N–H and O–H groups in total. The normalized spacial score (nSPS) is 25.2. The monoisotopic (exact) mass is 323 g/mol. The zero-order chi connectivity index (χ0) is 17.0. The van der Waals surface area contributed by atoms with Crippen molar-refractivity contribution >= 4 is 23.8 Å². The highest BCUT2D eigenvalue weighted by atomic mass is 16.2. The van der Waals surface area contributed by atoms with Gasteiger partial charge in [0.25, 0.3) is 0 Å². The van der Waals surface area contributed by atoms with Gasteiger partial charge in [0.2, 0.25) is 5.91 Å². The Morgan fingerprint density at radius 3 is 2.43 bits per heavy atom. The summed E-state index contributed by atoms with van der Waals surface area (Å²) in [5.41, 5.74) is 0. The summed E-state index contributed by atoms with van der Waals surface area (Å²) < 4.78 is 0. The molecule has 7 heteroatoms. The van der Waals surface area contributed by atoms with E-state index in [4.69, 9.17) is 0 Å². The van der Waals surface area contributed by atoms with Gasteiger partial charge in [-0.15, -0.1) is 0 Å². The van der Waals surface area contributed by atoms with Crippen molar-refractivity contribution in [2.45, 2.75) is 58.4 Å². The molecule has 2 rings (SSSR count). The molecule has 1 saturated carbocycles. The van der Waals surface area contributed by atoms with Crippen molar-refractivity contribution in [2.75, 3.05) is 13.1 Å². The minimum absolute atomic E-state index is 0.0796. The second-order valence-electron chi connectivity index (χ2n) is 6.42. The van der Waals surface area contributed by atoms with Gasteiger partial charge in [-0.25, -0.2) is 9.69 Å². The Kier molecular flexibility index (Phi) is 5.74. The van der Waals surface area contributed by atoms with E-state index in [1.54, 1.807) is 0 Å². The fourth-order valence-electron chi connectivity index (χ4n) is 3.13. The van der Waals surface area contributed by atoms with Crippen molar-refractivity contribution in [1.82, 2.24) is 15.1 Å². The van der Waals surface area contributed by atoms with E-state index >= 15 is 0 Å². The molecule has 0 aromatic rings. The number of urea groups is 1. The molecule has 0 radical (unpaired) electrons. The largest absolute Gasteiger partial charge is 0.352 e. The molecule has 2 aliphatic rings. The Bertz CT molecular complexity index is 506. The molecule has 0 bridgehead atoms. The van der Waals surface area contributed by atoms with E-state index in [1.165, 1.54) is 0 Å². The molecule has 0 aromatic carbocycles. The predicted molar refractivity (Wildman–Crippen MR) is 83.3 cm³/mol. The summed E-state index contributed by atoms with van der Waals surface area (Å²) in [7, 11) is 0. The molecule has 23 heavy (non-hydrogen) atoms. The first-order valence-electron chi connectivity index (χ1n) is 8.42. The Balaban J connectivity index is 1.93. The summed E-state index contributed by atoms with van der Waals surface area (Å²) in [5, 5.41) is 2.89. The Labute approximate surface area is 136 Å². The van der Waals surface area contributed by atoms with Crippen LogP contribution in [0.25, 0.3) is 0 Å². The van der Waals surface area contributed by atoms with Gasteiger partial charge in [0.05, 0.1) is 0 Å². The number of amides is 5. The fourth-order valence-corrected chi connectivity index (χ4v) is 3.13. The highest BCUT2D eigenvalue weighted by Gasteiger charge is 2.44. The van der Waals surface area contributed by atoms with Gasteiger partial charge < -0.3 is 5.32 Å². The van der Waals surface area contributed by atoms with E-state index in [0.29, 0.717) is 12.3 Å². The van der Waals surface area contributed by atoms with Crippen LogP contribution >= 0.6 is 0 Å². The van der Waals surface area contributed by atoms with E-state index < -0.39 is 17.8 Å². The summed E-state index contributed by atoms with van der Waals surface area (Å²) in [5.74, 6) is -1.73. The van der Waals surface area contributed by atoms with Crippen LogP contribution in [0, 0.1) is 5.92 Å². The zero-order valence-electron chi connectivity index (χ0n) is 13.8. The maximum absolute atomic E-state index is 12.2. The molecule has 0 spiro atoms. The first kappa shape index (κ1) is 17.4. The molecule has 1 aliphatic carbocycles. The fraction of sp³-hybridized carbons (Fsp3) is 0.750. The van der Waals surface area contributed by atoms with Crippen molar-refractivity contribution in [1.29, 1.82) is 0 Å². The average Bonchev–Trinajstić information content (AvgIpc) is 2.72. The van der Waals surface area contributed by atoms with Gasteiger partial charge in [-0.05, 0) is 25.2 Å². The van der Waals surface area contributed by atoms with Crippen molar-refractivity contribution < 1.29 is 19.2 Å². The topological polar surface area (TPSA) is 86.8 Å². The van der Waals surface area contributed by atoms with Gasteiger partial charge in [-0.1, -0.05) is 33.1 Å². The molecule has 5 amide bonds. The van der Waals surface area contributed by atoms with Crippen LogP contribution in [0.3, 0.4) is 0 Å². The second kappa shape index (κ2) is 7.57. The van der Waals surface area contributed by atoms with Crippen molar-refractivity contribution in [2.24, 2.45) is 5.92 Å². The summed E-state index contributed by atoms with van der Waals surface area (Å²) in [6.45, 7) is 3.86. The van der Waals surface area contributed by atoms with E-state index in [0.717, 1.165) is 41.9 Å². The van der Waals surface area contributed by atoms with Gasteiger partial charge in [-0.3, -0.25) is 19.3 Å². The molecule has 128 valence electrons. The van der Waals surface area contributed by atoms with Gasteiger partial charge in [-0.2, -0.15) is 0 Å². The Hall–Kier alpha value is -1.92. The van der Waals surface area contributed by atoms with Crippen LogP contribution in [0.2, 0.25) is 0 Å². The molecular formula is C16H25N3O4. The van der Waals surface area contributed by atoms with E-state index in [9.17, 15) is 19.2 Å². The van der Waals surface area contributed by atoms with Crippen LogP contribution in [0.5, 0.6) is 0 Å². The van der Waals surface area contributed by atoms with Crippen LogP contribution in [0.1, 0.15) is 52.4 Å². The van der Waals surface area contributed by atoms with E-state index in [-0.39, 0.29) is 25.0 Å². The third kappa shape index (κ3) is 3.89. The molecule has 0 unspecified atom stereocenters. The van der Waals surface area contributed by atoms with Crippen molar-refractivity contribution in [3.05, 3.63) is 0 Å². The second-order valence-corrected chi connectivity index (χ2v) is 6.42. The number of carbonyl (C=O) groups is 4. The van der Waals surface area contributed by atoms with Crippen LogP contribution in [-0.4, -0.2) is 52.7 Å². The first-order valence-corrected chi connectivity index (χ1v) is 8.42. The lowest BCUT2D eigenvalue weighted by molar-refractivity contribution is -0.144. The van der Waals surface area contributed by atoms with E-state index in [2.05, 4.69) is 12.2 Å². The summed E-state index contributed by atoms with van der Waals surface area (Å²) >= 11 is 0. The first-order chi connectivity index (χ1) is 11.0. The summed E-state index contributed by atoms with van der Waals surface area (Å²) in [4.78, 5) is 49.7. The van der Waals surface area contributed by atoms with E-state index in [1.807, 2.05) is 6.92 Å². The molecule has 1 saturated heterocycles. The third-order valence-electron chi connectivity index (χ3n) is 4.63. The molecular weight excluding hydrogens is 298 g/mol. The highest BCUT2D eigenvalue weighted by Crippen LogP contribution is 2.23. The third-order valence-corrected chi connectivity index (χ3v) is 4.63. The number of hydrogen-bond donors (Lipinski definition) is 1. The number of carbonyl (C=O) groups excluding carboxylic acids is 4. The molecule has 1 heterocycles. The smallest absolute Gasteiger partial charge is 0.334 e. The van der Waals surface area contributed by atoms with Crippen molar-refractivity contribution in [3.63, 3.8) is 0 Å². The van der Waals surface area contributed by atoms with Gasteiger partial charge >= 0.3 is 17.8 Å². The lowest BCUT2D eigenvalue weighted by atomic mass is 9.86. The van der Waals surface area contributed by atoms with Gasteiger partial charge in [0.15, 0.2) is 0 Å². The van der Waals surface area contributed by atoms with Crippen LogP contribution in [0.15, 0.2) is 0 Å². The van der Waals surface area contributed by atoms with Crippen molar-refractivity contribution in [3.8, 4) is 0 Å². The molecule has 7 nitrogen and oxygen atoms in total. The molecule has 1 aliphatic heterocycles. The summed E-state index contributed by atoms with van der Waals surface area (Å²) in [6, 6.07) is -0.601.